The minimum absolute atomic E-state index is 0.101. The molecule has 0 fully saturated rings. The third-order valence-electron chi connectivity index (χ3n) is 2.97. The first kappa shape index (κ1) is 15.9. The summed E-state index contributed by atoms with van der Waals surface area (Å²) in [4.78, 5) is 0.295. The van der Waals surface area contributed by atoms with E-state index in [1.807, 2.05) is 0 Å². The number of aliphatic hydroxyl groups is 1. The lowest BCUT2D eigenvalue weighted by atomic mass is 10.1. The van der Waals surface area contributed by atoms with Crippen LogP contribution >= 0.6 is 0 Å². The molecule has 19 heavy (non-hydrogen) atoms. The fraction of sp³-hybridized carbons (Fsp3) is 0.538. The van der Waals surface area contributed by atoms with Crippen LogP contribution in [0.15, 0.2) is 17.0 Å². The molecule has 0 heterocycles. The lowest BCUT2D eigenvalue weighted by Crippen LogP contribution is -2.34. The first-order valence-corrected chi connectivity index (χ1v) is 7.58. The zero-order valence-electron chi connectivity index (χ0n) is 11.8. The standard InChI is InChI=1S/C13H21NO4S/c1-5-14(6-7-15)19(16,17)13-10(2)8-12(18-4)9-11(13)3/h8-9,15H,5-7H2,1-4H3. The summed E-state index contributed by atoms with van der Waals surface area (Å²) in [6.07, 6.45) is 0. The topological polar surface area (TPSA) is 66.8 Å². The van der Waals surface area contributed by atoms with Crippen molar-refractivity contribution in [3.63, 3.8) is 0 Å². The van der Waals surface area contributed by atoms with Crippen LogP contribution in [-0.4, -0.2) is 44.6 Å². The Balaban J connectivity index is 3.36. The van der Waals surface area contributed by atoms with Crippen LogP contribution in [0.5, 0.6) is 5.75 Å². The molecule has 5 nitrogen and oxygen atoms in total. The number of sulfonamides is 1. The molecule has 0 amide bonds. The van der Waals surface area contributed by atoms with Crippen LogP contribution < -0.4 is 4.74 Å². The zero-order valence-corrected chi connectivity index (χ0v) is 12.6. The molecule has 1 rings (SSSR count). The molecule has 0 aliphatic carbocycles. The Labute approximate surface area is 114 Å². The van der Waals surface area contributed by atoms with E-state index in [0.29, 0.717) is 28.3 Å². The van der Waals surface area contributed by atoms with Gasteiger partial charge >= 0.3 is 0 Å². The fourth-order valence-corrected chi connectivity index (χ4v) is 3.98. The molecule has 0 bridgehead atoms. The van der Waals surface area contributed by atoms with Gasteiger partial charge in [-0.05, 0) is 37.1 Å². The molecule has 6 heteroatoms. The third-order valence-corrected chi connectivity index (χ3v) is 5.25. The monoisotopic (exact) mass is 287 g/mol. The van der Waals surface area contributed by atoms with E-state index >= 15 is 0 Å². The molecule has 0 unspecified atom stereocenters. The van der Waals surface area contributed by atoms with Gasteiger partial charge in [-0.1, -0.05) is 6.92 Å². The van der Waals surface area contributed by atoms with Crippen molar-refractivity contribution in [3.05, 3.63) is 23.3 Å². The lowest BCUT2D eigenvalue weighted by Gasteiger charge is -2.22. The van der Waals surface area contributed by atoms with E-state index in [-0.39, 0.29) is 13.2 Å². The summed E-state index contributed by atoms with van der Waals surface area (Å²) in [6.45, 7) is 5.48. The summed E-state index contributed by atoms with van der Waals surface area (Å²) in [5.41, 5.74) is 1.29. The molecule has 108 valence electrons. The Kier molecular flexibility index (Phi) is 5.34. The molecule has 0 saturated carbocycles. The van der Waals surface area contributed by atoms with E-state index in [2.05, 4.69) is 0 Å². The highest BCUT2D eigenvalue weighted by Gasteiger charge is 2.26. The maximum absolute atomic E-state index is 12.6. The normalized spacial score (nSPS) is 11.9. The second-order valence-electron chi connectivity index (χ2n) is 4.31. The SMILES string of the molecule is CCN(CCO)S(=O)(=O)c1c(C)cc(OC)cc1C. The second-order valence-corrected chi connectivity index (χ2v) is 6.19. The van der Waals surface area contributed by atoms with Crippen LogP contribution in [-0.2, 0) is 10.0 Å². The molecule has 0 aromatic heterocycles. The summed E-state index contributed by atoms with van der Waals surface area (Å²) in [5.74, 6) is 0.638. The average Bonchev–Trinajstić information content (AvgIpc) is 2.34. The van der Waals surface area contributed by atoms with Crippen molar-refractivity contribution in [2.45, 2.75) is 25.7 Å². The van der Waals surface area contributed by atoms with E-state index in [4.69, 9.17) is 9.84 Å². The van der Waals surface area contributed by atoms with Gasteiger partial charge in [0.25, 0.3) is 0 Å². The minimum atomic E-state index is -3.58. The minimum Gasteiger partial charge on any atom is -0.497 e. The lowest BCUT2D eigenvalue weighted by molar-refractivity contribution is 0.257. The van der Waals surface area contributed by atoms with Gasteiger partial charge in [0.15, 0.2) is 0 Å². The van der Waals surface area contributed by atoms with Crippen molar-refractivity contribution in [1.29, 1.82) is 0 Å². The molecule has 0 spiro atoms. The van der Waals surface area contributed by atoms with Gasteiger partial charge in [0, 0.05) is 13.1 Å². The van der Waals surface area contributed by atoms with Crippen LogP contribution in [0.2, 0.25) is 0 Å². The number of likely N-dealkylation sites (N-methyl/N-ethyl adjacent to an activating group) is 1. The van der Waals surface area contributed by atoms with Crippen molar-refractivity contribution in [1.82, 2.24) is 4.31 Å². The highest BCUT2D eigenvalue weighted by Crippen LogP contribution is 2.27. The highest BCUT2D eigenvalue weighted by molar-refractivity contribution is 7.89. The molecule has 0 saturated heterocycles. The van der Waals surface area contributed by atoms with Crippen LogP contribution in [0.1, 0.15) is 18.1 Å². The van der Waals surface area contributed by atoms with Crippen molar-refractivity contribution < 1.29 is 18.3 Å². The quantitative estimate of drug-likeness (QED) is 0.857. The van der Waals surface area contributed by atoms with E-state index < -0.39 is 10.0 Å². The van der Waals surface area contributed by atoms with Gasteiger partial charge in [0.2, 0.25) is 10.0 Å². The third kappa shape index (κ3) is 3.26. The first-order chi connectivity index (χ1) is 8.88. The number of nitrogens with zero attached hydrogens (tertiary/aromatic N) is 1. The number of rotatable bonds is 6. The second kappa shape index (κ2) is 6.36. The fourth-order valence-electron chi connectivity index (χ4n) is 2.12. The van der Waals surface area contributed by atoms with Gasteiger partial charge in [-0.25, -0.2) is 8.42 Å². The van der Waals surface area contributed by atoms with E-state index in [9.17, 15) is 8.42 Å². The molecule has 0 radical (unpaired) electrons. The zero-order chi connectivity index (χ0) is 14.6. The smallest absolute Gasteiger partial charge is 0.243 e. The van der Waals surface area contributed by atoms with Gasteiger partial charge in [0.05, 0.1) is 18.6 Å². The van der Waals surface area contributed by atoms with Crippen molar-refractivity contribution in [3.8, 4) is 5.75 Å². The Bertz CT molecular complexity index is 517. The number of aryl methyl sites for hydroxylation is 2. The van der Waals surface area contributed by atoms with Crippen molar-refractivity contribution >= 4 is 10.0 Å². The number of hydrogen-bond donors (Lipinski definition) is 1. The molecule has 1 aromatic rings. The van der Waals surface area contributed by atoms with E-state index in [1.165, 1.54) is 4.31 Å². The van der Waals surface area contributed by atoms with Gasteiger partial charge in [-0.3, -0.25) is 0 Å². The Morgan fingerprint density at radius 3 is 2.16 bits per heavy atom. The Hall–Kier alpha value is -1.11. The number of methoxy groups -OCH3 is 1. The number of benzene rings is 1. The maximum atomic E-state index is 12.6. The van der Waals surface area contributed by atoms with Crippen molar-refractivity contribution in [2.24, 2.45) is 0 Å². The first-order valence-electron chi connectivity index (χ1n) is 6.14. The van der Waals surface area contributed by atoms with Crippen LogP contribution in [0.25, 0.3) is 0 Å². The van der Waals surface area contributed by atoms with Crippen LogP contribution in [0, 0.1) is 13.8 Å². The van der Waals surface area contributed by atoms with Crippen LogP contribution in [0.4, 0.5) is 0 Å². The van der Waals surface area contributed by atoms with Gasteiger partial charge in [-0.2, -0.15) is 4.31 Å². The molecule has 0 atom stereocenters. The van der Waals surface area contributed by atoms with Gasteiger partial charge in [0.1, 0.15) is 5.75 Å². The maximum Gasteiger partial charge on any atom is 0.243 e. The van der Waals surface area contributed by atoms with E-state index in [0.717, 1.165) is 0 Å². The Morgan fingerprint density at radius 1 is 1.26 bits per heavy atom. The highest BCUT2D eigenvalue weighted by atomic mass is 32.2. The Morgan fingerprint density at radius 2 is 1.79 bits per heavy atom. The average molecular weight is 287 g/mol. The summed E-state index contributed by atoms with van der Waals surface area (Å²) in [5, 5.41) is 8.97. The molecule has 1 N–H and O–H groups in total. The van der Waals surface area contributed by atoms with Crippen LogP contribution in [0.3, 0.4) is 0 Å². The predicted octanol–water partition coefficient (Wildman–Crippen LogP) is 1.31. The number of aliphatic hydroxyl groups excluding tert-OH is 1. The summed E-state index contributed by atoms with van der Waals surface area (Å²) in [7, 11) is -2.03. The largest absolute Gasteiger partial charge is 0.497 e. The molecule has 1 aromatic carbocycles. The molecule has 0 aliphatic rings. The van der Waals surface area contributed by atoms with Gasteiger partial charge < -0.3 is 9.84 Å². The number of ether oxygens (including phenoxy) is 1. The summed E-state index contributed by atoms with van der Waals surface area (Å²) < 4.78 is 31.5. The molecule has 0 aliphatic heterocycles. The van der Waals surface area contributed by atoms with Gasteiger partial charge in [-0.15, -0.1) is 0 Å². The number of hydrogen-bond acceptors (Lipinski definition) is 4. The summed E-state index contributed by atoms with van der Waals surface area (Å²) in [6, 6.07) is 3.40. The predicted molar refractivity (Wildman–Crippen MR) is 74.0 cm³/mol. The summed E-state index contributed by atoms with van der Waals surface area (Å²) >= 11 is 0. The van der Waals surface area contributed by atoms with Crippen molar-refractivity contribution in [2.75, 3.05) is 26.8 Å². The molecular formula is C13H21NO4S. The molecular weight excluding hydrogens is 266 g/mol. The van der Waals surface area contributed by atoms with E-state index in [1.54, 1.807) is 40.0 Å².